The molecule has 2 aromatic heterocycles. The fraction of sp³-hybridized carbons (Fsp3) is 0.174. The van der Waals surface area contributed by atoms with Gasteiger partial charge in [0.1, 0.15) is 12.4 Å². The van der Waals surface area contributed by atoms with E-state index in [1.165, 1.54) is 5.56 Å². The third-order valence-corrected chi connectivity index (χ3v) is 5.58. The molecule has 4 rings (SSSR count). The number of carbonyl (C=O) groups is 1. The van der Waals surface area contributed by atoms with Crippen LogP contribution in [0.2, 0.25) is 0 Å². The van der Waals surface area contributed by atoms with E-state index in [4.69, 9.17) is 0 Å². The largest absolute Gasteiger partial charge is 0.343 e. The van der Waals surface area contributed by atoms with Crippen molar-refractivity contribution in [2.75, 3.05) is 0 Å². The fourth-order valence-corrected chi connectivity index (χ4v) is 4.04. The van der Waals surface area contributed by atoms with Crippen LogP contribution in [0.3, 0.4) is 0 Å². The normalized spacial score (nSPS) is 11.9. The molecule has 0 aliphatic rings. The molecule has 0 aliphatic heterocycles. The number of carbonyl (C=O) groups excluding carboxylic acids is 1. The molecule has 29 heavy (non-hydrogen) atoms. The van der Waals surface area contributed by atoms with Crippen LogP contribution in [-0.2, 0) is 11.3 Å². The molecule has 1 unspecified atom stereocenters. The predicted molar refractivity (Wildman–Crippen MR) is 116 cm³/mol. The van der Waals surface area contributed by atoms with Gasteiger partial charge in [-0.2, -0.15) is 5.10 Å². The van der Waals surface area contributed by atoms with E-state index in [2.05, 4.69) is 46.6 Å². The van der Waals surface area contributed by atoms with Gasteiger partial charge in [-0.25, -0.2) is 9.67 Å². The summed E-state index contributed by atoms with van der Waals surface area (Å²) in [4.78, 5) is 18.6. The lowest BCUT2D eigenvalue weighted by atomic mass is 10.0. The fourth-order valence-electron chi connectivity index (χ4n) is 3.24. The zero-order chi connectivity index (χ0) is 20.2. The molecule has 146 valence electrons. The Kier molecular flexibility index (Phi) is 5.53. The summed E-state index contributed by atoms with van der Waals surface area (Å²) in [7, 11) is 0. The highest BCUT2D eigenvalue weighted by Gasteiger charge is 2.20. The Labute approximate surface area is 174 Å². The molecule has 6 heteroatoms. The van der Waals surface area contributed by atoms with Crippen LogP contribution in [0.1, 0.15) is 27.9 Å². The van der Waals surface area contributed by atoms with Crippen LogP contribution in [0.4, 0.5) is 0 Å². The van der Waals surface area contributed by atoms with Gasteiger partial charge < -0.3 is 5.32 Å². The van der Waals surface area contributed by atoms with Crippen LogP contribution in [0.15, 0.2) is 72.1 Å². The minimum absolute atomic E-state index is 0.106. The number of nitrogens with zero attached hydrogens (tertiary/aromatic N) is 3. The molecule has 0 saturated carbocycles. The smallest absolute Gasteiger partial charge is 0.242 e. The van der Waals surface area contributed by atoms with Crippen LogP contribution in [0.25, 0.3) is 11.4 Å². The van der Waals surface area contributed by atoms with E-state index >= 15 is 0 Å². The Morgan fingerprint density at radius 1 is 1.03 bits per heavy atom. The van der Waals surface area contributed by atoms with Crippen LogP contribution in [0.5, 0.6) is 0 Å². The molecular formula is C23H22N4OS. The molecule has 5 nitrogen and oxygen atoms in total. The minimum Gasteiger partial charge on any atom is -0.343 e. The van der Waals surface area contributed by atoms with Gasteiger partial charge in [0, 0.05) is 10.4 Å². The van der Waals surface area contributed by atoms with Crippen molar-refractivity contribution < 1.29 is 4.79 Å². The van der Waals surface area contributed by atoms with Crippen molar-refractivity contribution in [3.05, 3.63) is 93.9 Å². The topological polar surface area (TPSA) is 59.8 Å². The van der Waals surface area contributed by atoms with Gasteiger partial charge in [-0.05, 0) is 30.9 Å². The second-order valence-corrected chi connectivity index (χ2v) is 7.91. The number of aryl methyl sites for hydroxylation is 2. The summed E-state index contributed by atoms with van der Waals surface area (Å²) >= 11 is 1.63. The molecule has 1 amide bonds. The lowest BCUT2D eigenvalue weighted by molar-refractivity contribution is -0.122. The van der Waals surface area contributed by atoms with Gasteiger partial charge >= 0.3 is 0 Å². The molecule has 0 bridgehead atoms. The number of hydrogen-bond acceptors (Lipinski definition) is 4. The van der Waals surface area contributed by atoms with Crippen molar-refractivity contribution in [2.45, 2.75) is 26.4 Å². The highest BCUT2D eigenvalue weighted by Crippen LogP contribution is 2.26. The Balaban J connectivity index is 1.57. The Morgan fingerprint density at radius 3 is 2.48 bits per heavy atom. The first-order chi connectivity index (χ1) is 14.1. The molecule has 4 aromatic rings. The van der Waals surface area contributed by atoms with Gasteiger partial charge in [-0.3, -0.25) is 4.79 Å². The van der Waals surface area contributed by atoms with Gasteiger partial charge in [0.25, 0.3) is 0 Å². The third kappa shape index (κ3) is 4.43. The highest BCUT2D eigenvalue weighted by atomic mass is 32.1. The number of rotatable bonds is 6. The SMILES string of the molecule is Cc1ccc(C(NC(=O)Cn2nc(C)nc2-c2ccccc2)c2cccs2)cc1. The van der Waals surface area contributed by atoms with E-state index in [1.807, 2.05) is 54.8 Å². The molecule has 1 atom stereocenters. The van der Waals surface area contributed by atoms with Crippen LogP contribution < -0.4 is 5.32 Å². The Morgan fingerprint density at radius 2 is 1.79 bits per heavy atom. The van der Waals surface area contributed by atoms with E-state index in [9.17, 15) is 4.79 Å². The molecular weight excluding hydrogens is 380 g/mol. The molecule has 0 radical (unpaired) electrons. The second-order valence-electron chi connectivity index (χ2n) is 6.93. The second kappa shape index (κ2) is 8.41. The van der Waals surface area contributed by atoms with Crippen molar-refractivity contribution in [3.63, 3.8) is 0 Å². The summed E-state index contributed by atoms with van der Waals surface area (Å²) < 4.78 is 1.67. The zero-order valence-electron chi connectivity index (χ0n) is 16.4. The molecule has 2 aromatic carbocycles. The van der Waals surface area contributed by atoms with Crippen molar-refractivity contribution in [1.29, 1.82) is 0 Å². The summed E-state index contributed by atoms with van der Waals surface area (Å²) in [6.45, 7) is 4.00. The van der Waals surface area contributed by atoms with Gasteiger partial charge in [0.05, 0.1) is 6.04 Å². The summed E-state index contributed by atoms with van der Waals surface area (Å²) in [5.41, 5.74) is 3.19. The van der Waals surface area contributed by atoms with Gasteiger partial charge in [0.15, 0.2) is 5.82 Å². The Bertz CT molecular complexity index is 1090. The van der Waals surface area contributed by atoms with Crippen LogP contribution in [0, 0.1) is 13.8 Å². The number of amides is 1. The molecule has 1 N–H and O–H groups in total. The first-order valence-electron chi connectivity index (χ1n) is 9.46. The molecule has 0 aliphatic carbocycles. The van der Waals surface area contributed by atoms with Crippen LogP contribution in [-0.4, -0.2) is 20.7 Å². The summed E-state index contributed by atoms with van der Waals surface area (Å²) in [6, 6.07) is 21.9. The number of aromatic nitrogens is 3. The monoisotopic (exact) mass is 402 g/mol. The Hall–Kier alpha value is -3.25. The number of nitrogens with one attached hydrogen (secondary N) is 1. The summed E-state index contributed by atoms with van der Waals surface area (Å²) in [5.74, 6) is 1.23. The average molecular weight is 403 g/mol. The highest BCUT2D eigenvalue weighted by molar-refractivity contribution is 7.10. The van der Waals surface area contributed by atoms with E-state index in [0.717, 1.165) is 16.0 Å². The molecule has 0 saturated heterocycles. The average Bonchev–Trinajstić information content (AvgIpc) is 3.37. The van der Waals surface area contributed by atoms with Crippen molar-refractivity contribution >= 4 is 17.2 Å². The maximum Gasteiger partial charge on any atom is 0.242 e. The van der Waals surface area contributed by atoms with Gasteiger partial charge in [-0.1, -0.05) is 66.2 Å². The van der Waals surface area contributed by atoms with E-state index in [1.54, 1.807) is 16.0 Å². The molecule has 0 spiro atoms. The predicted octanol–water partition coefficient (Wildman–Crippen LogP) is 4.53. The number of hydrogen-bond donors (Lipinski definition) is 1. The summed E-state index contributed by atoms with van der Waals surface area (Å²) in [5, 5.41) is 9.63. The van der Waals surface area contributed by atoms with Gasteiger partial charge in [0.2, 0.25) is 5.91 Å². The maximum atomic E-state index is 13.0. The minimum atomic E-state index is -0.187. The zero-order valence-corrected chi connectivity index (χ0v) is 17.2. The third-order valence-electron chi connectivity index (χ3n) is 4.65. The van der Waals surface area contributed by atoms with E-state index < -0.39 is 0 Å². The van der Waals surface area contributed by atoms with Gasteiger partial charge in [-0.15, -0.1) is 11.3 Å². The first kappa shape index (κ1) is 19.1. The van der Waals surface area contributed by atoms with Crippen LogP contribution >= 0.6 is 11.3 Å². The molecule has 0 fully saturated rings. The molecule has 2 heterocycles. The summed E-state index contributed by atoms with van der Waals surface area (Å²) in [6.07, 6.45) is 0. The van der Waals surface area contributed by atoms with Crippen molar-refractivity contribution in [2.24, 2.45) is 0 Å². The number of thiophene rings is 1. The quantitative estimate of drug-likeness (QED) is 0.515. The van der Waals surface area contributed by atoms with Crippen molar-refractivity contribution in [3.8, 4) is 11.4 Å². The standard InChI is InChI=1S/C23H22N4OS/c1-16-10-12-18(13-11-16)22(20-9-6-14-29-20)25-21(28)15-27-23(24-17(2)26-27)19-7-4-3-5-8-19/h3-14,22H,15H2,1-2H3,(H,25,28). The first-order valence-corrected chi connectivity index (χ1v) is 10.3. The van der Waals surface area contributed by atoms with E-state index in [0.29, 0.717) is 11.6 Å². The lowest BCUT2D eigenvalue weighted by Crippen LogP contribution is -2.32. The van der Waals surface area contributed by atoms with Crippen molar-refractivity contribution in [1.82, 2.24) is 20.1 Å². The van der Waals surface area contributed by atoms with E-state index in [-0.39, 0.29) is 18.5 Å². The lowest BCUT2D eigenvalue weighted by Gasteiger charge is -2.18. The maximum absolute atomic E-state index is 13.0. The number of benzene rings is 2.